The first-order chi connectivity index (χ1) is 16.2. The fraction of sp³-hybridized carbons (Fsp3) is 0.385. The van der Waals surface area contributed by atoms with Crippen molar-refractivity contribution in [3.63, 3.8) is 0 Å². The molecule has 0 saturated heterocycles. The summed E-state index contributed by atoms with van der Waals surface area (Å²) in [5, 5.41) is 2.86. The zero-order valence-electron chi connectivity index (χ0n) is 19.5. The van der Waals surface area contributed by atoms with Crippen molar-refractivity contribution in [1.82, 2.24) is 14.9 Å². The number of aryl methyl sites for hydroxylation is 2. The van der Waals surface area contributed by atoms with Crippen LogP contribution in [0.5, 0.6) is 11.5 Å². The number of benzene rings is 2. The summed E-state index contributed by atoms with van der Waals surface area (Å²) in [6, 6.07) is 14.1. The van der Waals surface area contributed by atoms with Crippen LogP contribution >= 0.6 is 0 Å². The highest BCUT2D eigenvalue weighted by Crippen LogP contribution is 2.28. The van der Waals surface area contributed by atoms with Crippen molar-refractivity contribution in [2.75, 3.05) is 34.0 Å². The second-order valence-electron chi connectivity index (χ2n) is 7.73. The van der Waals surface area contributed by atoms with Crippen LogP contribution in [0.4, 0.5) is 0 Å². The number of para-hydroxylation sites is 2. The van der Waals surface area contributed by atoms with Gasteiger partial charge in [0.15, 0.2) is 11.5 Å². The SMILES string of the molecule is C=CCc1ccc(OCCCn2c(CCCNC(=O)COC)nc3ccccc32)c(OC)c1. The van der Waals surface area contributed by atoms with E-state index in [0.717, 1.165) is 66.1 Å². The molecule has 0 saturated carbocycles. The molecule has 0 aliphatic carbocycles. The van der Waals surface area contributed by atoms with E-state index in [1.807, 2.05) is 42.5 Å². The molecule has 3 rings (SSSR count). The number of carbonyl (C=O) groups is 1. The van der Waals surface area contributed by atoms with E-state index in [1.165, 1.54) is 7.11 Å². The summed E-state index contributed by atoms with van der Waals surface area (Å²) in [6.07, 6.45) is 5.08. The Morgan fingerprint density at radius 2 is 2.00 bits per heavy atom. The molecule has 7 nitrogen and oxygen atoms in total. The predicted octanol–water partition coefficient (Wildman–Crippen LogP) is 3.94. The molecule has 0 fully saturated rings. The maximum Gasteiger partial charge on any atom is 0.245 e. The minimum atomic E-state index is -0.101. The summed E-state index contributed by atoms with van der Waals surface area (Å²) in [4.78, 5) is 16.4. The molecule has 1 N–H and O–H groups in total. The first kappa shape index (κ1) is 24.3. The zero-order valence-corrected chi connectivity index (χ0v) is 19.5. The first-order valence-electron chi connectivity index (χ1n) is 11.3. The molecule has 176 valence electrons. The summed E-state index contributed by atoms with van der Waals surface area (Å²) in [5.41, 5.74) is 3.24. The van der Waals surface area contributed by atoms with E-state index in [1.54, 1.807) is 7.11 Å². The molecule has 0 aliphatic rings. The van der Waals surface area contributed by atoms with Gasteiger partial charge in [-0.15, -0.1) is 6.58 Å². The number of rotatable bonds is 14. The van der Waals surface area contributed by atoms with Crippen LogP contribution in [0.3, 0.4) is 0 Å². The molecule has 33 heavy (non-hydrogen) atoms. The average Bonchev–Trinajstić information content (AvgIpc) is 3.18. The van der Waals surface area contributed by atoms with E-state index in [-0.39, 0.29) is 12.5 Å². The molecule has 7 heteroatoms. The number of imidazole rings is 1. The molecule has 1 heterocycles. The van der Waals surface area contributed by atoms with Gasteiger partial charge in [0, 0.05) is 26.6 Å². The molecule has 2 aromatic carbocycles. The third-order valence-corrected chi connectivity index (χ3v) is 5.30. The lowest BCUT2D eigenvalue weighted by atomic mass is 10.1. The number of hydrogen-bond donors (Lipinski definition) is 1. The fourth-order valence-corrected chi connectivity index (χ4v) is 3.75. The van der Waals surface area contributed by atoms with Crippen molar-refractivity contribution in [2.24, 2.45) is 0 Å². The molecule has 0 radical (unpaired) electrons. The largest absolute Gasteiger partial charge is 0.493 e. The van der Waals surface area contributed by atoms with Crippen molar-refractivity contribution in [3.05, 3.63) is 66.5 Å². The van der Waals surface area contributed by atoms with Gasteiger partial charge < -0.3 is 24.1 Å². The van der Waals surface area contributed by atoms with Crippen LogP contribution in [-0.4, -0.2) is 49.4 Å². The zero-order chi connectivity index (χ0) is 23.5. The van der Waals surface area contributed by atoms with Crippen molar-refractivity contribution < 1.29 is 19.0 Å². The van der Waals surface area contributed by atoms with Gasteiger partial charge in [-0.3, -0.25) is 4.79 Å². The standard InChI is InChI=1S/C26H33N3O4/c1-4-9-20-13-14-23(24(18-20)32-3)33-17-8-16-29-22-11-6-5-10-21(22)28-25(29)12-7-15-27-26(30)19-31-2/h4-6,10-11,13-14,18H,1,7-9,12,15-17,19H2,2-3H3,(H,27,30). The molecule has 1 aromatic heterocycles. The van der Waals surface area contributed by atoms with Gasteiger partial charge in [-0.05, 0) is 49.1 Å². The molecule has 0 spiro atoms. The lowest BCUT2D eigenvalue weighted by Gasteiger charge is -2.13. The Hall–Kier alpha value is -3.32. The number of hydrogen-bond acceptors (Lipinski definition) is 5. The second-order valence-corrected chi connectivity index (χ2v) is 7.73. The van der Waals surface area contributed by atoms with Gasteiger partial charge in [0.1, 0.15) is 12.4 Å². The van der Waals surface area contributed by atoms with Gasteiger partial charge in [0.2, 0.25) is 5.91 Å². The highest BCUT2D eigenvalue weighted by molar-refractivity contribution is 5.77. The van der Waals surface area contributed by atoms with Crippen LogP contribution in [0.15, 0.2) is 55.1 Å². The first-order valence-corrected chi connectivity index (χ1v) is 11.3. The third-order valence-electron chi connectivity index (χ3n) is 5.30. The molecule has 0 bridgehead atoms. The van der Waals surface area contributed by atoms with E-state index < -0.39 is 0 Å². The monoisotopic (exact) mass is 451 g/mol. The Kier molecular flexibility index (Phi) is 9.32. The van der Waals surface area contributed by atoms with E-state index in [9.17, 15) is 4.79 Å². The number of fused-ring (bicyclic) bond motifs is 1. The van der Waals surface area contributed by atoms with Crippen LogP contribution < -0.4 is 14.8 Å². The number of ether oxygens (including phenoxy) is 3. The summed E-state index contributed by atoms with van der Waals surface area (Å²) < 4.78 is 18.6. The maximum atomic E-state index is 11.6. The molecular formula is C26H33N3O4. The highest BCUT2D eigenvalue weighted by atomic mass is 16.5. The number of carbonyl (C=O) groups excluding carboxylic acids is 1. The van der Waals surface area contributed by atoms with Crippen molar-refractivity contribution in [2.45, 2.75) is 32.2 Å². The maximum absolute atomic E-state index is 11.6. The lowest BCUT2D eigenvalue weighted by Crippen LogP contribution is -2.28. The van der Waals surface area contributed by atoms with Gasteiger partial charge in [-0.1, -0.05) is 24.3 Å². The Morgan fingerprint density at radius 3 is 2.79 bits per heavy atom. The Labute approximate surface area is 195 Å². The van der Waals surface area contributed by atoms with Gasteiger partial charge in [0.25, 0.3) is 0 Å². The summed E-state index contributed by atoms with van der Waals surface area (Å²) in [7, 11) is 3.17. The third kappa shape index (κ3) is 6.83. The van der Waals surface area contributed by atoms with E-state index in [2.05, 4.69) is 22.5 Å². The van der Waals surface area contributed by atoms with Crippen molar-refractivity contribution in [3.8, 4) is 11.5 Å². The normalized spacial score (nSPS) is 10.8. The van der Waals surface area contributed by atoms with E-state index in [0.29, 0.717) is 13.2 Å². The van der Waals surface area contributed by atoms with Crippen molar-refractivity contribution in [1.29, 1.82) is 0 Å². The van der Waals surface area contributed by atoms with Gasteiger partial charge in [-0.25, -0.2) is 4.98 Å². The van der Waals surface area contributed by atoms with Gasteiger partial charge >= 0.3 is 0 Å². The number of nitrogens with one attached hydrogen (secondary N) is 1. The van der Waals surface area contributed by atoms with Gasteiger partial charge in [-0.2, -0.15) is 0 Å². The quantitative estimate of drug-likeness (QED) is 0.297. The van der Waals surface area contributed by atoms with Crippen molar-refractivity contribution >= 4 is 16.9 Å². The van der Waals surface area contributed by atoms with Crippen LogP contribution in [-0.2, 0) is 28.9 Å². The number of amides is 1. The van der Waals surface area contributed by atoms with Crippen LogP contribution in [0.1, 0.15) is 24.2 Å². The minimum absolute atomic E-state index is 0.0836. The Balaban J connectivity index is 1.59. The van der Waals surface area contributed by atoms with Crippen LogP contribution in [0.25, 0.3) is 11.0 Å². The topological polar surface area (TPSA) is 74.6 Å². The second kappa shape index (κ2) is 12.6. The lowest BCUT2D eigenvalue weighted by molar-refractivity contribution is -0.124. The molecule has 0 aliphatic heterocycles. The fourth-order valence-electron chi connectivity index (χ4n) is 3.75. The summed E-state index contributed by atoms with van der Waals surface area (Å²) in [5.74, 6) is 2.39. The highest BCUT2D eigenvalue weighted by Gasteiger charge is 2.11. The van der Waals surface area contributed by atoms with Crippen LogP contribution in [0.2, 0.25) is 0 Å². The number of nitrogens with zero attached hydrogens (tertiary/aromatic N) is 2. The summed E-state index contributed by atoms with van der Waals surface area (Å²) >= 11 is 0. The molecule has 1 amide bonds. The molecule has 3 aromatic rings. The summed E-state index contributed by atoms with van der Waals surface area (Å²) in [6.45, 7) is 5.82. The van der Waals surface area contributed by atoms with E-state index >= 15 is 0 Å². The number of methoxy groups -OCH3 is 2. The Morgan fingerprint density at radius 1 is 1.15 bits per heavy atom. The Bertz CT molecular complexity index is 1060. The number of aromatic nitrogens is 2. The van der Waals surface area contributed by atoms with E-state index in [4.69, 9.17) is 19.2 Å². The van der Waals surface area contributed by atoms with Crippen LogP contribution in [0, 0.1) is 0 Å². The number of allylic oxidation sites excluding steroid dienone is 1. The predicted molar refractivity (Wildman–Crippen MR) is 130 cm³/mol. The molecule has 0 unspecified atom stereocenters. The van der Waals surface area contributed by atoms with Gasteiger partial charge in [0.05, 0.1) is 24.8 Å². The minimum Gasteiger partial charge on any atom is -0.493 e. The average molecular weight is 452 g/mol. The molecular weight excluding hydrogens is 418 g/mol. The smallest absolute Gasteiger partial charge is 0.245 e. The molecule has 0 atom stereocenters.